The van der Waals surface area contributed by atoms with Crippen molar-refractivity contribution in [1.82, 2.24) is 15.4 Å². The van der Waals surface area contributed by atoms with Crippen LogP contribution in [0.4, 0.5) is 15.9 Å². The number of ether oxygens (including phenoxy) is 1. The van der Waals surface area contributed by atoms with Gasteiger partial charge in [-0.15, -0.1) is 0 Å². The Morgan fingerprint density at radius 3 is 2.74 bits per heavy atom. The van der Waals surface area contributed by atoms with E-state index < -0.39 is 11.7 Å². The highest BCUT2D eigenvalue weighted by Crippen LogP contribution is 2.30. The van der Waals surface area contributed by atoms with Crippen molar-refractivity contribution in [3.8, 4) is 11.6 Å². The number of aromatic nitrogens is 2. The Bertz CT molecular complexity index is 999. The molecule has 1 heterocycles. The summed E-state index contributed by atoms with van der Waals surface area (Å²) < 4.78 is 19.3. The summed E-state index contributed by atoms with van der Waals surface area (Å²) in [5, 5.41) is 0.608. The maximum atomic E-state index is 13.6. The van der Waals surface area contributed by atoms with Crippen LogP contribution in [0.2, 0.25) is 5.02 Å². The molecule has 2 aromatic carbocycles. The van der Waals surface area contributed by atoms with Gasteiger partial charge in [0.1, 0.15) is 23.6 Å². The van der Waals surface area contributed by atoms with E-state index >= 15 is 0 Å². The van der Waals surface area contributed by atoms with Crippen LogP contribution in [-0.2, 0) is 0 Å². The highest BCUT2D eigenvalue weighted by molar-refractivity contribution is 6.31. The van der Waals surface area contributed by atoms with E-state index in [0.29, 0.717) is 10.8 Å². The van der Waals surface area contributed by atoms with Gasteiger partial charge in [0.25, 0.3) is 5.91 Å². The second kappa shape index (κ2) is 7.88. The smallest absolute Gasteiger partial charge is 0.272 e. The van der Waals surface area contributed by atoms with Crippen LogP contribution in [0.15, 0.2) is 48.8 Å². The number of halogens is 2. The first-order valence-corrected chi connectivity index (χ1v) is 8.19. The lowest BCUT2D eigenvalue weighted by Crippen LogP contribution is -2.31. The Balaban J connectivity index is 1.74. The van der Waals surface area contributed by atoms with E-state index in [2.05, 4.69) is 20.8 Å². The standard InChI is InChI=1S/C18H15ClFN5O2/c1-10-8-11(6-7-13(10)19)27-18-15(21)16(22-9-23-18)24-25-17(26)12-4-2-3-5-14(12)20/h2-9H,21H2,1H3,(H,25,26)(H,22,23,24). The third kappa shape index (κ3) is 4.24. The van der Waals surface area contributed by atoms with Gasteiger partial charge in [0, 0.05) is 5.02 Å². The third-order valence-electron chi connectivity index (χ3n) is 3.60. The summed E-state index contributed by atoms with van der Waals surface area (Å²) in [7, 11) is 0. The maximum absolute atomic E-state index is 13.6. The van der Waals surface area contributed by atoms with Crippen molar-refractivity contribution < 1.29 is 13.9 Å². The number of hydrogen-bond acceptors (Lipinski definition) is 6. The molecule has 0 spiro atoms. The molecule has 7 nitrogen and oxygen atoms in total. The molecule has 0 aliphatic heterocycles. The Morgan fingerprint density at radius 1 is 1.22 bits per heavy atom. The predicted octanol–water partition coefficient (Wildman–Crippen LogP) is 3.71. The number of benzene rings is 2. The molecule has 0 bridgehead atoms. The summed E-state index contributed by atoms with van der Waals surface area (Å²) in [6.45, 7) is 1.84. The fraction of sp³-hybridized carbons (Fsp3) is 0.0556. The molecule has 0 fully saturated rings. The maximum Gasteiger partial charge on any atom is 0.272 e. The van der Waals surface area contributed by atoms with E-state index in [0.717, 1.165) is 5.56 Å². The third-order valence-corrected chi connectivity index (χ3v) is 4.03. The Labute approximate surface area is 159 Å². The molecular weight excluding hydrogens is 373 g/mol. The molecule has 1 amide bonds. The normalized spacial score (nSPS) is 10.3. The van der Waals surface area contributed by atoms with Gasteiger partial charge in [-0.3, -0.25) is 15.6 Å². The van der Waals surface area contributed by atoms with Crippen LogP contribution in [0.3, 0.4) is 0 Å². The summed E-state index contributed by atoms with van der Waals surface area (Å²) >= 11 is 5.99. The largest absolute Gasteiger partial charge is 0.437 e. The molecule has 0 radical (unpaired) electrons. The summed E-state index contributed by atoms with van der Waals surface area (Å²) in [5.74, 6) is -0.634. The van der Waals surface area contributed by atoms with Crippen molar-refractivity contribution in [2.45, 2.75) is 6.92 Å². The van der Waals surface area contributed by atoms with Gasteiger partial charge in [0.2, 0.25) is 5.88 Å². The van der Waals surface area contributed by atoms with Gasteiger partial charge in [-0.1, -0.05) is 23.7 Å². The fourth-order valence-corrected chi connectivity index (χ4v) is 2.30. The minimum Gasteiger partial charge on any atom is -0.437 e. The van der Waals surface area contributed by atoms with E-state index in [4.69, 9.17) is 22.1 Å². The zero-order valence-corrected chi connectivity index (χ0v) is 14.9. The average molecular weight is 388 g/mol. The van der Waals surface area contributed by atoms with Gasteiger partial charge in [0.05, 0.1) is 5.56 Å². The lowest BCUT2D eigenvalue weighted by Gasteiger charge is -2.13. The monoisotopic (exact) mass is 387 g/mol. The van der Waals surface area contributed by atoms with Gasteiger partial charge in [-0.25, -0.2) is 9.37 Å². The van der Waals surface area contributed by atoms with Crippen molar-refractivity contribution in [3.05, 3.63) is 70.8 Å². The number of hydrogen-bond donors (Lipinski definition) is 3. The summed E-state index contributed by atoms with van der Waals surface area (Å²) in [6.07, 6.45) is 1.21. The minimum atomic E-state index is -0.679. The summed E-state index contributed by atoms with van der Waals surface area (Å²) in [6, 6.07) is 10.7. The number of nitrogen functional groups attached to an aromatic ring is 1. The van der Waals surface area contributed by atoms with Gasteiger partial charge in [-0.2, -0.15) is 4.98 Å². The van der Waals surface area contributed by atoms with Crippen LogP contribution in [-0.4, -0.2) is 15.9 Å². The molecule has 138 valence electrons. The number of aryl methyl sites for hydroxylation is 1. The molecule has 0 saturated carbocycles. The van der Waals surface area contributed by atoms with Crippen LogP contribution in [0.5, 0.6) is 11.6 Å². The number of carbonyl (C=O) groups excluding carboxylic acids is 1. The second-order valence-electron chi connectivity index (χ2n) is 5.51. The quantitative estimate of drug-likeness (QED) is 0.577. The molecule has 1 aromatic heterocycles. The fourth-order valence-electron chi connectivity index (χ4n) is 2.18. The van der Waals surface area contributed by atoms with Crippen molar-refractivity contribution in [3.63, 3.8) is 0 Å². The average Bonchev–Trinajstić information content (AvgIpc) is 2.65. The number of nitrogens with one attached hydrogen (secondary N) is 2. The van der Waals surface area contributed by atoms with E-state index in [1.165, 1.54) is 24.5 Å². The highest BCUT2D eigenvalue weighted by atomic mass is 35.5. The van der Waals surface area contributed by atoms with Crippen LogP contribution in [0, 0.1) is 12.7 Å². The highest BCUT2D eigenvalue weighted by Gasteiger charge is 2.14. The topological polar surface area (TPSA) is 102 Å². The molecule has 3 rings (SSSR count). The Kier molecular flexibility index (Phi) is 5.37. The van der Waals surface area contributed by atoms with E-state index in [1.807, 2.05) is 6.92 Å². The van der Waals surface area contributed by atoms with Gasteiger partial charge in [0.15, 0.2) is 5.82 Å². The SMILES string of the molecule is Cc1cc(Oc2ncnc(NNC(=O)c3ccccc3F)c2N)ccc1Cl. The molecule has 9 heteroatoms. The lowest BCUT2D eigenvalue weighted by molar-refractivity contribution is 0.0958. The van der Waals surface area contributed by atoms with Crippen molar-refractivity contribution in [1.29, 1.82) is 0 Å². The molecule has 3 aromatic rings. The Hall–Kier alpha value is -3.39. The Morgan fingerprint density at radius 2 is 2.00 bits per heavy atom. The second-order valence-corrected chi connectivity index (χ2v) is 5.92. The molecule has 0 aliphatic rings. The molecule has 27 heavy (non-hydrogen) atoms. The minimum absolute atomic E-state index is 0.0685. The number of rotatable bonds is 5. The van der Waals surface area contributed by atoms with Gasteiger partial charge >= 0.3 is 0 Å². The van der Waals surface area contributed by atoms with E-state index in [9.17, 15) is 9.18 Å². The van der Waals surface area contributed by atoms with Crippen LogP contribution in [0.1, 0.15) is 15.9 Å². The van der Waals surface area contributed by atoms with Gasteiger partial charge in [-0.05, 0) is 42.8 Å². The molecule has 0 aliphatic carbocycles. The zero-order chi connectivity index (χ0) is 19.4. The summed E-state index contributed by atoms with van der Waals surface area (Å²) in [4.78, 5) is 20.0. The lowest BCUT2D eigenvalue weighted by atomic mass is 10.2. The first-order valence-electron chi connectivity index (χ1n) is 7.81. The van der Waals surface area contributed by atoms with E-state index in [-0.39, 0.29) is 22.9 Å². The number of nitrogens with zero attached hydrogens (tertiary/aromatic N) is 2. The first-order chi connectivity index (χ1) is 13.0. The van der Waals surface area contributed by atoms with Crippen molar-refractivity contribution >= 4 is 29.0 Å². The van der Waals surface area contributed by atoms with Crippen LogP contribution >= 0.6 is 11.6 Å². The molecule has 4 N–H and O–H groups in total. The number of nitrogens with two attached hydrogens (primary N) is 1. The summed E-state index contributed by atoms with van der Waals surface area (Å²) in [5.41, 5.74) is 11.6. The van der Waals surface area contributed by atoms with Crippen molar-refractivity contribution in [2.24, 2.45) is 0 Å². The van der Waals surface area contributed by atoms with Crippen LogP contribution < -0.4 is 21.3 Å². The molecular formula is C18H15ClFN5O2. The van der Waals surface area contributed by atoms with Crippen molar-refractivity contribution in [2.75, 3.05) is 11.2 Å². The molecule has 0 atom stereocenters. The molecule has 0 saturated heterocycles. The number of carbonyl (C=O) groups is 1. The predicted molar refractivity (Wildman–Crippen MR) is 100 cm³/mol. The van der Waals surface area contributed by atoms with Crippen LogP contribution in [0.25, 0.3) is 0 Å². The first kappa shape index (κ1) is 18.4. The van der Waals surface area contributed by atoms with E-state index in [1.54, 1.807) is 24.3 Å². The van der Waals surface area contributed by atoms with Gasteiger partial charge < -0.3 is 10.5 Å². The number of amides is 1. The zero-order valence-electron chi connectivity index (χ0n) is 14.2. The number of hydrazine groups is 1. The molecule has 0 unspecified atom stereocenters. The number of anilines is 2.